The highest BCUT2D eigenvalue weighted by Crippen LogP contribution is 2.44. The van der Waals surface area contributed by atoms with Gasteiger partial charge in [-0.15, -0.1) is 0 Å². The van der Waals surface area contributed by atoms with E-state index in [1.807, 2.05) is 0 Å². The molecule has 0 saturated heterocycles. The molecular weight excluding hydrogens is 467 g/mol. The Morgan fingerprint density at radius 2 is 1.93 bits per heavy atom. The SMILES string of the molecule is CC(C)(CC(O)(C(=O)Nc1cccc2[nH]ncc12)C(F)(F)F)c1ccc(Br)cc1O. The van der Waals surface area contributed by atoms with Gasteiger partial charge in [-0.25, -0.2) is 0 Å². The molecule has 0 fully saturated rings. The number of hydrogen-bond acceptors (Lipinski definition) is 4. The van der Waals surface area contributed by atoms with Crippen molar-refractivity contribution in [3.05, 3.63) is 52.6 Å². The first-order valence-corrected chi connectivity index (χ1v) is 9.66. The molecule has 0 spiro atoms. The lowest BCUT2D eigenvalue weighted by Crippen LogP contribution is -2.57. The summed E-state index contributed by atoms with van der Waals surface area (Å²) in [6, 6.07) is 8.94. The first kappa shape index (κ1) is 22.1. The number of fused-ring (bicyclic) bond motifs is 1. The Balaban J connectivity index is 1.97. The number of amides is 1. The van der Waals surface area contributed by atoms with Crippen molar-refractivity contribution in [2.24, 2.45) is 0 Å². The van der Waals surface area contributed by atoms with Crippen molar-refractivity contribution in [3.8, 4) is 5.75 Å². The van der Waals surface area contributed by atoms with Gasteiger partial charge in [0.25, 0.3) is 5.91 Å². The smallest absolute Gasteiger partial charge is 0.426 e. The van der Waals surface area contributed by atoms with Crippen LogP contribution in [-0.2, 0) is 10.2 Å². The molecule has 30 heavy (non-hydrogen) atoms. The predicted molar refractivity (Wildman–Crippen MR) is 109 cm³/mol. The van der Waals surface area contributed by atoms with E-state index in [0.29, 0.717) is 15.4 Å². The minimum absolute atomic E-state index is 0.0817. The molecule has 4 N–H and O–H groups in total. The van der Waals surface area contributed by atoms with E-state index in [9.17, 15) is 28.2 Å². The average Bonchev–Trinajstić information content (AvgIpc) is 3.09. The lowest BCUT2D eigenvalue weighted by molar-refractivity contribution is -0.254. The fourth-order valence-corrected chi connectivity index (χ4v) is 3.77. The summed E-state index contributed by atoms with van der Waals surface area (Å²) in [6.45, 7) is 2.83. The molecule has 1 heterocycles. The van der Waals surface area contributed by atoms with Gasteiger partial charge in [0.15, 0.2) is 0 Å². The van der Waals surface area contributed by atoms with Crippen LogP contribution < -0.4 is 5.32 Å². The van der Waals surface area contributed by atoms with Crippen LogP contribution >= 0.6 is 15.9 Å². The zero-order chi connectivity index (χ0) is 22.3. The number of nitrogens with zero attached hydrogens (tertiary/aromatic N) is 1. The molecule has 3 rings (SSSR count). The maximum Gasteiger partial charge on any atom is 0.426 e. The minimum atomic E-state index is -5.26. The summed E-state index contributed by atoms with van der Waals surface area (Å²) in [6.07, 6.45) is -4.91. The van der Waals surface area contributed by atoms with E-state index in [0.717, 1.165) is 0 Å². The molecule has 2 aromatic carbocycles. The van der Waals surface area contributed by atoms with Gasteiger partial charge >= 0.3 is 6.18 Å². The second-order valence-electron chi connectivity index (χ2n) is 7.67. The van der Waals surface area contributed by atoms with Crippen LogP contribution in [0.5, 0.6) is 5.75 Å². The molecule has 1 unspecified atom stereocenters. The van der Waals surface area contributed by atoms with E-state index in [1.165, 1.54) is 44.3 Å². The second-order valence-corrected chi connectivity index (χ2v) is 8.59. The summed E-state index contributed by atoms with van der Waals surface area (Å²) in [5.41, 5.74) is -4.34. The van der Waals surface area contributed by atoms with Crippen molar-refractivity contribution in [1.29, 1.82) is 0 Å². The zero-order valence-corrected chi connectivity index (χ0v) is 17.6. The number of aromatic nitrogens is 2. The minimum Gasteiger partial charge on any atom is -0.508 e. The van der Waals surface area contributed by atoms with Gasteiger partial charge in [0.05, 0.1) is 17.4 Å². The normalized spacial score (nSPS) is 14.5. The maximum atomic E-state index is 13.9. The Labute approximate surface area is 178 Å². The van der Waals surface area contributed by atoms with Crippen LogP contribution in [0.25, 0.3) is 10.9 Å². The summed E-state index contributed by atoms with van der Waals surface area (Å²) in [7, 11) is 0. The molecular formula is C20H19BrF3N3O3. The quantitative estimate of drug-likeness (QED) is 0.423. The molecule has 10 heteroatoms. The number of hydrogen-bond donors (Lipinski definition) is 4. The zero-order valence-electron chi connectivity index (χ0n) is 16.0. The first-order chi connectivity index (χ1) is 13.8. The van der Waals surface area contributed by atoms with E-state index < -0.39 is 29.5 Å². The number of carbonyl (C=O) groups excluding carboxylic acids is 1. The van der Waals surface area contributed by atoms with Gasteiger partial charge in [-0.1, -0.05) is 41.9 Å². The van der Waals surface area contributed by atoms with Gasteiger partial charge < -0.3 is 15.5 Å². The van der Waals surface area contributed by atoms with Crippen LogP contribution in [0.15, 0.2) is 47.1 Å². The third-order valence-corrected chi connectivity index (χ3v) is 5.46. The molecule has 0 aliphatic carbocycles. The van der Waals surface area contributed by atoms with Gasteiger partial charge in [-0.3, -0.25) is 9.89 Å². The van der Waals surface area contributed by atoms with Crippen LogP contribution in [0, 0.1) is 0 Å². The molecule has 1 atom stereocenters. The van der Waals surface area contributed by atoms with Gasteiger partial charge in [0.1, 0.15) is 5.75 Å². The van der Waals surface area contributed by atoms with Crippen LogP contribution in [0.1, 0.15) is 25.8 Å². The van der Waals surface area contributed by atoms with Gasteiger partial charge in [-0.05, 0) is 35.2 Å². The fourth-order valence-electron chi connectivity index (χ4n) is 3.42. The van der Waals surface area contributed by atoms with Crippen LogP contribution in [0.4, 0.5) is 18.9 Å². The van der Waals surface area contributed by atoms with Crippen molar-refractivity contribution >= 4 is 38.4 Å². The topological polar surface area (TPSA) is 98.2 Å². The summed E-state index contributed by atoms with van der Waals surface area (Å²) < 4.78 is 42.3. The number of alkyl halides is 3. The number of carbonyl (C=O) groups is 1. The largest absolute Gasteiger partial charge is 0.508 e. The second kappa shape index (κ2) is 7.59. The number of aliphatic hydroxyl groups is 1. The Kier molecular flexibility index (Phi) is 5.59. The number of aromatic hydroxyl groups is 1. The molecule has 0 saturated carbocycles. The molecule has 1 amide bonds. The number of aromatic amines is 1. The summed E-state index contributed by atoms with van der Waals surface area (Å²) >= 11 is 3.17. The number of H-pyrrole nitrogens is 1. The van der Waals surface area contributed by atoms with E-state index >= 15 is 0 Å². The van der Waals surface area contributed by atoms with Crippen molar-refractivity contribution < 1.29 is 28.2 Å². The number of phenols is 1. The lowest BCUT2D eigenvalue weighted by atomic mass is 9.74. The molecule has 1 aromatic heterocycles. The summed E-state index contributed by atoms with van der Waals surface area (Å²) in [4.78, 5) is 12.7. The molecule has 0 aliphatic heterocycles. The highest BCUT2D eigenvalue weighted by atomic mass is 79.9. The Morgan fingerprint density at radius 3 is 2.57 bits per heavy atom. The van der Waals surface area contributed by atoms with Gasteiger partial charge in [0, 0.05) is 16.3 Å². The summed E-state index contributed by atoms with van der Waals surface area (Å²) in [5.74, 6) is -1.86. The first-order valence-electron chi connectivity index (χ1n) is 8.87. The predicted octanol–water partition coefficient (Wildman–Crippen LogP) is 4.63. The van der Waals surface area contributed by atoms with Crippen molar-refractivity contribution in [2.75, 3.05) is 5.32 Å². The molecule has 160 valence electrons. The maximum absolute atomic E-state index is 13.9. The molecule has 0 bridgehead atoms. The number of benzene rings is 2. The average molecular weight is 486 g/mol. The van der Waals surface area contributed by atoms with Crippen LogP contribution in [-0.4, -0.2) is 38.1 Å². The van der Waals surface area contributed by atoms with Crippen molar-refractivity contribution in [3.63, 3.8) is 0 Å². The monoisotopic (exact) mass is 485 g/mol. The third kappa shape index (κ3) is 4.01. The van der Waals surface area contributed by atoms with E-state index in [1.54, 1.807) is 12.1 Å². The number of rotatable bonds is 5. The van der Waals surface area contributed by atoms with Gasteiger partial charge in [-0.2, -0.15) is 18.3 Å². The molecule has 3 aromatic rings. The molecule has 6 nitrogen and oxygen atoms in total. The van der Waals surface area contributed by atoms with Gasteiger partial charge in [0.2, 0.25) is 5.60 Å². The molecule has 0 radical (unpaired) electrons. The fraction of sp³-hybridized carbons (Fsp3) is 0.300. The van der Waals surface area contributed by atoms with Crippen LogP contribution in [0.2, 0.25) is 0 Å². The highest BCUT2D eigenvalue weighted by Gasteiger charge is 2.61. The van der Waals surface area contributed by atoms with Crippen LogP contribution in [0.3, 0.4) is 0 Å². The number of anilines is 1. The molecule has 0 aliphatic rings. The highest BCUT2D eigenvalue weighted by molar-refractivity contribution is 9.10. The third-order valence-electron chi connectivity index (χ3n) is 4.96. The van der Waals surface area contributed by atoms with Crippen molar-refractivity contribution in [1.82, 2.24) is 10.2 Å². The lowest BCUT2D eigenvalue weighted by Gasteiger charge is -2.37. The Bertz CT molecular complexity index is 1100. The number of halogens is 4. The van der Waals surface area contributed by atoms with E-state index in [4.69, 9.17) is 0 Å². The van der Waals surface area contributed by atoms with E-state index in [-0.39, 0.29) is 17.0 Å². The summed E-state index contributed by atoms with van der Waals surface area (Å²) in [5, 5.41) is 29.8. The van der Waals surface area contributed by atoms with Crippen molar-refractivity contribution in [2.45, 2.75) is 37.5 Å². The standard InChI is InChI=1S/C20H19BrF3N3O3/c1-18(2,13-7-6-11(21)8-16(13)28)10-19(30,20(22,23)24)17(29)26-14-4-3-5-15-12(14)9-25-27-15/h3-9,28,30H,10H2,1-2H3,(H,25,27)(H,26,29). The number of nitrogens with one attached hydrogen (secondary N) is 2. The van der Waals surface area contributed by atoms with E-state index in [2.05, 4.69) is 31.4 Å². The Hall–Kier alpha value is -2.59. The number of phenolic OH excluding ortho intramolecular Hbond substituents is 1. The Morgan fingerprint density at radius 1 is 1.23 bits per heavy atom.